The molecule has 1 rings (SSSR count). The zero-order valence-electron chi connectivity index (χ0n) is 8.09. The van der Waals surface area contributed by atoms with Gasteiger partial charge in [-0.15, -0.1) is 0 Å². The molecule has 84 valence electrons. The van der Waals surface area contributed by atoms with E-state index >= 15 is 0 Å². The van der Waals surface area contributed by atoms with Crippen LogP contribution in [0.5, 0.6) is 0 Å². The van der Waals surface area contributed by atoms with Gasteiger partial charge in [-0.25, -0.2) is 17.2 Å². The second-order valence-electron chi connectivity index (χ2n) is 3.57. The molecule has 6 heteroatoms. The molecule has 0 fully saturated rings. The summed E-state index contributed by atoms with van der Waals surface area (Å²) in [6.45, 7) is 2.51. The lowest BCUT2D eigenvalue weighted by molar-refractivity contribution is 0.533. The Kier molecular flexibility index (Phi) is 3.07. The van der Waals surface area contributed by atoms with Crippen molar-refractivity contribution in [1.29, 1.82) is 0 Å². The zero-order valence-corrected chi connectivity index (χ0v) is 9.66. The maximum atomic E-state index is 13.3. The van der Waals surface area contributed by atoms with Crippen LogP contribution < -0.4 is 0 Å². The summed E-state index contributed by atoms with van der Waals surface area (Å²) >= 11 is 0. The summed E-state index contributed by atoms with van der Waals surface area (Å²) in [4.78, 5) is 0. The fraction of sp³-hybridized carbons (Fsp3) is 0.333. The number of hydrogen-bond acceptors (Lipinski definition) is 2. The van der Waals surface area contributed by atoms with E-state index in [1.54, 1.807) is 0 Å². The standard InChI is InChI=1S/C9H9ClF2O2S/c1-9(2,15(10,13)14)7-4-3-6(11)5-8(7)12/h3-5H,1-2H3. The average Bonchev–Trinajstić information content (AvgIpc) is 2.00. The predicted molar refractivity (Wildman–Crippen MR) is 54.2 cm³/mol. The molecule has 0 aliphatic carbocycles. The molecule has 0 unspecified atom stereocenters. The van der Waals surface area contributed by atoms with Gasteiger partial charge in [0, 0.05) is 22.3 Å². The molecular weight excluding hydrogens is 246 g/mol. The maximum Gasteiger partial charge on any atom is 0.242 e. The molecule has 0 aromatic heterocycles. The SMILES string of the molecule is CC(C)(c1ccc(F)cc1F)S(=O)(=O)Cl. The Bertz CT molecular complexity index is 483. The minimum Gasteiger partial charge on any atom is -0.211 e. The lowest BCUT2D eigenvalue weighted by atomic mass is 10.0. The molecule has 0 aliphatic heterocycles. The summed E-state index contributed by atoms with van der Waals surface area (Å²) in [5.41, 5.74) is -0.154. The molecule has 1 aromatic carbocycles. The van der Waals surface area contributed by atoms with Crippen molar-refractivity contribution in [1.82, 2.24) is 0 Å². The quantitative estimate of drug-likeness (QED) is 0.761. The van der Waals surface area contributed by atoms with Crippen LogP contribution in [0.15, 0.2) is 18.2 Å². The summed E-state index contributed by atoms with van der Waals surface area (Å²) in [5.74, 6) is -1.69. The summed E-state index contributed by atoms with van der Waals surface area (Å²) in [6.07, 6.45) is 0. The number of hydrogen-bond donors (Lipinski definition) is 0. The van der Waals surface area contributed by atoms with Crippen molar-refractivity contribution >= 4 is 19.7 Å². The van der Waals surface area contributed by atoms with E-state index in [1.807, 2.05) is 0 Å². The van der Waals surface area contributed by atoms with Crippen LogP contribution in [0, 0.1) is 11.6 Å². The van der Waals surface area contributed by atoms with Gasteiger partial charge in [-0.1, -0.05) is 6.07 Å². The third-order valence-corrected chi connectivity index (χ3v) is 4.79. The highest BCUT2D eigenvalue weighted by molar-refractivity contribution is 8.14. The van der Waals surface area contributed by atoms with E-state index in [2.05, 4.69) is 0 Å². The summed E-state index contributed by atoms with van der Waals surface area (Å²) in [6, 6.07) is 2.69. The molecule has 0 spiro atoms. The van der Waals surface area contributed by atoms with Crippen molar-refractivity contribution < 1.29 is 17.2 Å². The van der Waals surface area contributed by atoms with Crippen LogP contribution in [0.4, 0.5) is 8.78 Å². The Balaban J connectivity index is 3.41. The molecule has 0 N–H and O–H groups in total. The first-order valence-corrected chi connectivity index (χ1v) is 6.37. The highest BCUT2D eigenvalue weighted by Crippen LogP contribution is 2.34. The molecule has 15 heavy (non-hydrogen) atoms. The molecule has 0 atom stereocenters. The second-order valence-corrected chi connectivity index (χ2v) is 6.69. The zero-order chi connectivity index (χ0) is 11.9. The van der Waals surface area contributed by atoms with E-state index in [0.29, 0.717) is 6.07 Å². The maximum absolute atomic E-state index is 13.3. The minimum atomic E-state index is -3.98. The van der Waals surface area contributed by atoms with E-state index in [0.717, 1.165) is 12.1 Å². The van der Waals surface area contributed by atoms with Gasteiger partial charge in [0.25, 0.3) is 0 Å². The minimum absolute atomic E-state index is 0.154. The van der Waals surface area contributed by atoms with Crippen molar-refractivity contribution in [3.63, 3.8) is 0 Å². The fourth-order valence-corrected chi connectivity index (χ4v) is 1.79. The smallest absolute Gasteiger partial charge is 0.211 e. The second kappa shape index (κ2) is 3.72. The highest BCUT2D eigenvalue weighted by Gasteiger charge is 2.36. The van der Waals surface area contributed by atoms with Gasteiger partial charge in [-0.3, -0.25) is 0 Å². The Morgan fingerprint density at radius 3 is 2.20 bits per heavy atom. The molecule has 0 saturated heterocycles. The number of rotatable bonds is 2. The first-order chi connectivity index (χ1) is 6.66. The molecule has 0 heterocycles. The van der Waals surface area contributed by atoms with Crippen LogP contribution in [0.2, 0.25) is 0 Å². The molecule has 0 radical (unpaired) electrons. The van der Waals surface area contributed by atoms with Crippen LogP contribution >= 0.6 is 10.7 Å². The topological polar surface area (TPSA) is 34.1 Å². The van der Waals surface area contributed by atoms with Crippen molar-refractivity contribution in [2.75, 3.05) is 0 Å². The lowest BCUT2D eigenvalue weighted by Crippen LogP contribution is -2.26. The third kappa shape index (κ3) is 2.29. The Morgan fingerprint density at radius 2 is 1.80 bits per heavy atom. The van der Waals surface area contributed by atoms with Crippen LogP contribution in [0.3, 0.4) is 0 Å². The molecule has 1 aromatic rings. The van der Waals surface area contributed by atoms with Crippen LogP contribution in [0.25, 0.3) is 0 Å². The van der Waals surface area contributed by atoms with E-state index in [9.17, 15) is 17.2 Å². The number of benzene rings is 1. The van der Waals surface area contributed by atoms with Crippen molar-refractivity contribution in [2.45, 2.75) is 18.6 Å². The van der Waals surface area contributed by atoms with Gasteiger partial charge in [0.1, 0.15) is 16.4 Å². The first kappa shape index (κ1) is 12.4. The van der Waals surface area contributed by atoms with Crippen molar-refractivity contribution in [2.24, 2.45) is 0 Å². The first-order valence-electron chi connectivity index (χ1n) is 4.06. The Labute approximate surface area is 91.3 Å². The summed E-state index contributed by atoms with van der Waals surface area (Å²) in [5, 5.41) is 0. The highest BCUT2D eigenvalue weighted by atomic mass is 35.7. The predicted octanol–water partition coefficient (Wildman–Crippen LogP) is 2.77. The average molecular weight is 255 g/mol. The third-order valence-electron chi connectivity index (χ3n) is 2.19. The summed E-state index contributed by atoms with van der Waals surface area (Å²) < 4.78 is 46.7. The van der Waals surface area contributed by atoms with E-state index < -0.39 is 25.4 Å². The Hall–Kier alpha value is -0.680. The van der Waals surface area contributed by atoms with Gasteiger partial charge in [0.2, 0.25) is 9.05 Å². The van der Waals surface area contributed by atoms with Gasteiger partial charge in [0.05, 0.1) is 0 Å². The monoisotopic (exact) mass is 254 g/mol. The van der Waals surface area contributed by atoms with E-state index in [-0.39, 0.29) is 5.56 Å². The van der Waals surface area contributed by atoms with E-state index in [4.69, 9.17) is 10.7 Å². The fourth-order valence-electron chi connectivity index (χ4n) is 1.11. The van der Waals surface area contributed by atoms with Crippen LogP contribution in [-0.4, -0.2) is 8.42 Å². The molecule has 2 nitrogen and oxygen atoms in total. The van der Waals surface area contributed by atoms with Crippen molar-refractivity contribution in [3.8, 4) is 0 Å². The van der Waals surface area contributed by atoms with Gasteiger partial charge < -0.3 is 0 Å². The molecule has 0 saturated carbocycles. The molecular formula is C9H9ClF2O2S. The van der Waals surface area contributed by atoms with E-state index in [1.165, 1.54) is 13.8 Å². The Morgan fingerprint density at radius 1 is 1.27 bits per heavy atom. The molecule has 0 amide bonds. The van der Waals surface area contributed by atoms with Crippen LogP contribution in [-0.2, 0) is 13.8 Å². The summed E-state index contributed by atoms with van der Waals surface area (Å²) in [7, 11) is 1.20. The van der Waals surface area contributed by atoms with Gasteiger partial charge in [-0.2, -0.15) is 0 Å². The molecule has 0 bridgehead atoms. The molecule has 0 aliphatic rings. The number of halogens is 3. The van der Waals surface area contributed by atoms with Crippen LogP contribution in [0.1, 0.15) is 19.4 Å². The van der Waals surface area contributed by atoms with Crippen molar-refractivity contribution in [3.05, 3.63) is 35.4 Å². The normalized spacial score (nSPS) is 12.9. The lowest BCUT2D eigenvalue weighted by Gasteiger charge is -2.21. The van der Waals surface area contributed by atoms with Gasteiger partial charge in [0.15, 0.2) is 0 Å². The largest absolute Gasteiger partial charge is 0.242 e. The van der Waals surface area contributed by atoms with Gasteiger partial charge >= 0.3 is 0 Å². The van der Waals surface area contributed by atoms with Gasteiger partial charge in [-0.05, 0) is 19.9 Å².